The third kappa shape index (κ3) is 3.02. The van der Waals surface area contributed by atoms with E-state index in [-0.39, 0.29) is 12.0 Å². The number of nitrogens with zero attached hydrogens (tertiary/aromatic N) is 4. The van der Waals surface area contributed by atoms with Gasteiger partial charge in [-0.2, -0.15) is 0 Å². The minimum absolute atomic E-state index is 0.147. The van der Waals surface area contributed by atoms with Crippen molar-refractivity contribution in [2.24, 2.45) is 5.92 Å². The van der Waals surface area contributed by atoms with Gasteiger partial charge in [0.05, 0.1) is 23.6 Å². The second-order valence-corrected chi connectivity index (χ2v) is 7.76. The maximum Gasteiger partial charge on any atom is 0.225 e. The van der Waals surface area contributed by atoms with Gasteiger partial charge < -0.3 is 9.30 Å². The molecule has 3 aromatic rings. The van der Waals surface area contributed by atoms with Crippen LogP contribution in [0.25, 0.3) is 16.6 Å². The van der Waals surface area contributed by atoms with Gasteiger partial charge in [-0.15, -0.1) is 0 Å². The van der Waals surface area contributed by atoms with Gasteiger partial charge in [-0.05, 0) is 37.1 Å². The van der Waals surface area contributed by atoms with Gasteiger partial charge in [0, 0.05) is 31.7 Å². The van der Waals surface area contributed by atoms with Gasteiger partial charge in [0.25, 0.3) is 0 Å². The van der Waals surface area contributed by atoms with Crippen LogP contribution in [-0.4, -0.2) is 51.8 Å². The number of hydrogen-bond donors (Lipinski definition) is 0. The molecule has 0 radical (unpaired) electrons. The molecule has 1 saturated heterocycles. The minimum atomic E-state index is 0.147. The second kappa shape index (κ2) is 6.50. The van der Waals surface area contributed by atoms with E-state index in [1.54, 1.807) is 0 Å². The molecule has 2 fully saturated rings. The van der Waals surface area contributed by atoms with Crippen molar-refractivity contribution >= 4 is 11.4 Å². The van der Waals surface area contributed by atoms with E-state index in [0.717, 1.165) is 43.7 Å². The Bertz CT molecular complexity index is 976. The Morgan fingerprint density at radius 2 is 1.85 bits per heavy atom. The highest BCUT2D eigenvalue weighted by atomic mass is 16.2. The van der Waals surface area contributed by atoms with Crippen molar-refractivity contribution in [3.8, 4) is 11.1 Å². The summed E-state index contributed by atoms with van der Waals surface area (Å²) in [5, 5.41) is 0. The van der Waals surface area contributed by atoms with Crippen molar-refractivity contribution in [3.05, 3.63) is 60.7 Å². The molecule has 1 unspecified atom stereocenters. The molecule has 1 aliphatic heterocycles. The van der Waals surface area contributed by atoms with Crippen LogP contribution in [0.2, 0.25) is 0 Å². The SMILES string of the molecule is CN1CCN(C(=O)C2CC2)CC1c1ncn2cc(-c3ccccc3)ccc12. The number of amides is 1. The topological polar surface area (TPSA) is 40.8 Å². The predicted octanol–water partition coefficient (Wildman–Crippen LogP) is 3.23. The van der Waals surface area contributed by atoms with Crippen molar-refractivity contribution in [2.45, 2.75) is 18.9 Å². The summed E-state index contributed by atoms with van der Waals surface area (Å²) in [6, 6.07) is 14.8. The number of carbonyl (C=O) groups is 1. The molecule has 138 valence electrons. The molecule has 2 aromatic heterocycles. The van der Waals surface area contributed by atoms with E-state index in [2.05, 4.69) is 58.9 Å². The van der Waals surface area contributed by atoms with Gasteiger partial charge in [0.1, 0.15) is 0 Å². The molecule has 0 spiro atoms. The Balaban J connectivity index is 1.46. The number of rotatable bonds is 3. The molecule has 1 atom stereocenters. The normalized spacial score (nSPS) is 20.9. The molecule has 2 aliphatic rings. The van der Waals surface area contributed by atoms with Gasteiger partial charge in [0.2, 0.25) is 5.91 Å². The molecule has 0 bridgehead atoms. The largest absolute Gasteiger partial charge is 0.339 e. The number of pyridine rings is 1. The quantitative estimate of drug-likeness (QED) is 0.720. The van der Waals surface area contributed by atoms with Crippen molar-refractivity contribution in [3.63, 3.8) is 0 Å². The van der Waals surface area contributed by atoms with Gasteiger partial charge in [0.15, 0.2) is 0 Å². The van der Waals surface area contributed by atoms with Crippen LogP contribution < -0.4 is 0 Å². The number of likely N-dealkylation sites (N-methyl/N-ethyl adjacent to an activating group) is 1. The average molecular weight is 360 g/mol. The summed E-state index contributed by atoms with van der Waals surface area (Å²) in [5.41, 5.74) is 4.55. The van der Waals surface area contributed by atoms with E-state index in [1.807, 2.05) is 17.3 Å². The maximum absolute atomic E-state index is 12.5. The van der Waals surface area contributed by atoms with Gasteiger partial charge in [-0.3, -0.25) is 9.69 Å². The van der Waals surface area contributed by atoms with Crippen molar-refractivity contribution in [2.75, 3.05) is 26.7 Å². The van der Waals surface area contributed by atoms with E-state index in [9.17, 15) is 4.79 Å². The number of carbonyl (C=O) groups excluding carboxylic acids is 1. The number of aromatic nitrogens is 2. The van der Waals surface area contributed by atoms with E-state index in [0.29, 0.717) is 5.91 Å². The van der Waals surface area contributed by atoms with Crippen LogP contribution in [0.15, 0.2) is 55.0 Å². The van der Waals surface area contributed by atoms with Crippen molar-refractivity contribution < 1.29 is 4.79 Å². The van der Waals surface area contributed by atoms with Crippen LogP contribution in [0.3, 0.4) is 0 Å². The Morgan fingerprint density at radius 3 is 2.63 bits per heavy atom. The maximum atomic E-state index is 12.5. The molecule has 1 aliphatic carbocycles. The Hall–Kier alpha value is -2.66. The lowest BCUT2D eigenvalue weighted by Gasteiger charge is -2.39. The fourth-order valence-electron chi connectivity index (χ4n) is 4.04. The predicted molar refractivity (Wildman–Crippen MR) is 105 cm³/mol. The molecule has 1 saturated carbocycles. The highest BCUT2D eigenvalue weighted by Gasteiger charge is 2.37. The molecule has 5 nitrogen and oxygen atoms in total. The summed E-state index contributed by atoms with van der Waals surface area (Å²) in [7, 11) is 2.13. The number of piperazine rings is 1. The molecular formula is C22H24N4O. The third-order valence-corrected chi connectivity index (χ3v) is 5.87. The highest BCUT2D eigenvalue weighted by molar-refractivity contribution is 5.81. The zero-order valence-electron chi connectivity index (χ0n) is 15.6. The van der Waals surface area contributed by atoms with Crippen LogP contribution >= 0.6 is 0 Å². The van der Waals surface area contributed by atoms with Crippen LogP contribution in [0.5, 0.6) is 0 Å². The lowest BCUT2D eigenvalue weighted by atomic mass is 10.1. The summed E-state index contributed by atoms with van der Waals surface area (Å²) < 4.78 is 2.10. The first-order valence-electron chi connectivity index (χ1n) is 9.72. The zero-order valence-corrected chi connectivity index (χ0v) is 15.6. The van der Waals surface area contributed by atoms with Gasteiger partial charge in [-0.1, -0.05) is 36.4 Å². The van der Waals surface area contributed by atoms with Gasteiger partial charge in [-0.25, -0.2) is 4.98 Å². The first kappa shape index (κ1) is 16.5. The highest BCUT2D eigenvalue weighted by Crippen LogP contribution is 2.34. The van der Waals surface area contributed by atoms with Crippen molar-refractivity contribution in [1.29, 1.82) is 0 Å². The molecule has 0 N–H and O–H groups in total. The standard InChI is InChI=1S/C22H24N4O/c1-24-11-12-25(22(27)17-7-8-17)14-20(24)21-19-10-9-18(13-26(19)15-23-21)16-5-3-2-4-6-16/h2-6,9-10,13,15,17,20H,7-8,11-12,14H2,1H3. The fraction of sp³-hybridized carbons (Fsp3) is 0.364. The number of hydrogen-bond acceptors (Lipinski definition) is 3. The summed E-state index contributed by atoms with van der Waals surface area (Å²) >= 11 is 0. The summed E-state index contributed by atoms with van der Waals surface area (Å²) in [6.45, 7) is 2.45. The second-order valence-electron chi connectivity index (χ2n) is 7.76. The number of fused-ring (bicyclic) bond motifs is 1. The first-order valence-corrected chi connectivity index (χ1v) is 9.72. The minimum Gasteiger partial charge on any atom is -0.339 e. The van der Waals surface area contributed by atoms with E-state index >= 15 is 0 Å². The molecule has 1 aromatic carbocycles. The molecule has 1 amide bonds. The average Bonchev–Trinajstić information content (AvgIpc) is 3.48. The van der Waals surface area contributed by atoms with Crippen LogP contribution in [0, 0.1) is 5.92 Å². The Labute approximate surface area is 159 Å². The summed E-state index contributed by atoms with van der Waals surface area (Å²) in [5.74, 6) is 0.615. The molecular weight excluding hydrogens is 336 g/mol. The van der Waals surface area contributed by atoms with E-state index in [1.165, 1.54) is 11.1 Å². The van der Waals surface area contributed by atoms with Gasteiger partial charge >= 0.3 is 0 Å². The van der Waals surface area contributed by atoms with Crippen molar-refractivity contribution in [1.82, 2.24) is 19.2 Å². The molecule has 5 rings (SSSR count). The van der Waals surface area contributed by atoms with Crippen LogP contribution in [0.1, 0.15) is 24.6 Å². The third-order valence-electron chi connectivity index (χ3n) is 5.87. The summed E-state index contributed by atoms with van der Waals surface area (Å²) in [6.07, 6.45) is 6.15. The Morgan fingerprint density at radius 1 is 1.04 bits per heavy atom. The smallest absolute Gasteiger partial charge is 0.225 e. The Kier molecular flexibility index (Phi) is 3.97. The number of imidazole rings is 1. The molecule has 3 heterocycles. The lowest BCUT2D eigenvalue weighted by molar-refractivity contribution is -0.135. The fourth-order valence-corrected chi connectivity index (χ4v) is 4.04. The monoisotopic (exact) mass is 360 g/mol. The van der Waals surface area contributed by atoms with Crippen LogP contribution in [0.4, 0.5) is 0 Å². The zero-order chi connectivity index (χ0) is 18.4. The number of benzene rings is 1. The lowest BCUT2D eigenvalue weighted by Crippen LogP contribution is -2.49. The van der Waals surface area contributed by atoms with E-state index in [4.69, 9.17) is 4.98 Å². The molecule has 27 heavy (non-hydrogen) atoms. The molecule has 5 heteroatoms. The summed E-state index contributed by atoms with van der Waals surface area (Å²) in [4.78, 5) is 21.6. The van der Waals surface area contributed by atoms with E-state index < -0.39 is 0 Å². The first-order chi connectivity index (χ1) is 13.2. The van der Waals surface area contributed by atoms with Crippen LogP contribution in [-0.2, 0) is 4.79 Å².